The third kappa shape index (κ3) is 4.09. The molecule has 0 fully saturated rings. The number of pyridine rings is 1. The summed E-state index contributed by atoms with van der Waals surface area (Å²) >= 11 is 0. The Morgan fingerprint density at radius 1 is 1.16 bits per heavy atom. The average molecular weight is 335 g/mol. The summed E-state index contributed by atoms with van der Waals surface area (Å²) in [4.78, 5) is 25.3. The van der Waals surface area contributed by atoms with Crippen LogP contribution in [0.3, 0.4) is 0 Å². The SMILES string of the molecule is Cc1nc(Nc2cccc3cccnc23)cc(C(=O)NCC(C)C)n1. The van der Waals surface area contributed by atoms with Crippen molar-refractivity contribution >= 4 is 28.3 Å². The number of rotatable bonds is 5. The van der Waals surface area contributed by atoms with Crippen LogP contribution in [0.4, 0.5) is 11.5 Å². The van der Waals surface area contributed by atoms with Crippen LogP contribution in [0.1, 0.15) is 30.2 Å². The molecule has 6 heteroatoms. The average Bonchev–Trinajstić information content (AvgIpc) is 2.59. The van der Waals surface area contributed by atoms with E-state index in [1.165, 1.54) is 0 Å². The molecule has 0 bridgehead atoms. The number of para-hydroxylation sites is 1. The van der Waals surface area contributed by atoms with Crippen molar-refractivity contribution in [3.05, 3.63) is 54.1 Å². The van der Waals surface area contributed by atoms with E-state index < -0.39 is 0 Å². The van der Waals surface area contributed by atoms with Gasteiger partial charge in [-0.2, -0.15) is 0 Å². The molecule has 0 saturated heterocycles. The molecule has 6 nitrogen and oxygen atoms in total. The van der Waals surface area contributed by atoms with E-state index in [9.17, 15) is 4.79 Å². The third-order valence-corrected chi connectivity index (χ3v) is 3.64. The fourth-order valence-corrected chi connectivity index (χ4v) is 2.48. The van der Waals surface area contributed by atoms with Crippen molar-refractivity contribution < 1.29 is 4.79 Å². The second-order valence-electron chi connectivity index (χ2n) is 6.30. The number of aryl methyl sites for hydroxylation is 1. The highest BCUT2D eigenvalue weighted by molar-refractivity contribution is 5.94. The molecule has 3 aromatic rings. The Morgan fingerprint density at radius 3 is 2.76 bits per heavy atom. The smallest absolute Gasteiger partial charge is 0.270 e. The molecule has 0 spiro atoms. The summed E-state index contributed by atoms with van der Waals surface area (Å²) in [6.07, 6.45) is 1.75. The first-order valence-corrected chi connectivity index (χ1v) is 8.27. The second-order valence-corrected chi connectivity index (χ2v) is 6.30. The van der Waals surface area contributed by atoms with Gasteiger partial charge < -0.3 is 10.6 Å². The molecule has 0 unspecified atom stereocenters. The Morgan fingerprint density at radius 2 is 1.96 bits per heavy atom. The predicted octanol–water partition coefficient (Wildman–Crippen LogP) is 3.46. The minimum Gasteiger partial charge on any atom is -0.350 e. The molecule has 0 radical (unpaired) electrons. The van der Waals surface area contributed by atoms with E-state index in [1.54, 1.807) is 19.2 Å². The van der Waals surface area contributed by atoms with Gasteiger partial charge >= 0.3 is 0 Å². The van der Waals surface area contributed by atoms with Crippen LogP contribution in [0.5, 0.6) is 0 Å². The number of benzene rings is 1. The lowest BCUT2D eigenvalue weighted by molar-refractivity contribution is 0.0943. The van der Waals surface area contributed by atoms with Gasteiger partial charge in [-0.3, -0.25) is 9.78 Å². The first-order valence-electron chi connectivity index (χ1n) is 8.27. The van der Waals surface area contributed by atoms with E-state index in [1.807, 2.05) is 44.2 Å². The maximum absolute atomic E-state index is 12.3. The fourth-order valence-electron chi connectivity index (χ4n) is 2.48. The van der Waals surface area contributed by atoms with Gasteiger partial charge in [0.1, 0.15) is 17.3 Å². The zero-order chi connectivity index (χ0) is 17.8. The van der Waals surface area contributed by atoms with Crippen molar-refractivity contribution in [1.29, 1.82) is 0 Å². The molecule has 3 rings (SSSR count). The van der Waals surface area contributed by atoms with Crippen molar-refractivity contribution in [2.45, 2.75) is 20.8 Å². The predicted molar refractivity (Wildman–Crippen MR) is 99.0 cm³/mol. The summed E-state index contributed by atoms with van der Waals surface area (Å²) in [5.41, 5.74) is 2.04. The van der Waals surface area contributed by atoms with Gasteiger partial charge in [0, 0.05) is 24.2 Å². The molecule has 0 aliphatic carbocycles. The van der Waals surface area contributed by atoms with Gasteiger partial charge in [0.2, 0.25) is 0 Å². The minimum absolute atomic E-state index is 0.196. The number of anilines is 2. The molecule has 0 saturated carbocycles. The molecule has 1 amide bonds. The largest absolute Gasteiger partial charge is 0.350 e. The van der Waals surface area contributed by atoms with Crippen LogP contribution >= 0.6 is 0 Å². The first kappa shape index (κ1) is 16.8. The van der Waals surface area contributed by atoms with E-state index in [0.717, 1.165) is 16.6 Å². The minimum atomic E-state index is -0.196. The van der Waals surface area contributed by atoms with Gasteiger partial charge in [0.15, 0.2) is 0 Å². The molecule has 0 aliphatic rings. The van der Waals surface area contributed by atoms with E-state index in [4.69, 9.17) is 0 Å². The van der Waals surface area contributed by atoms with E-state index in [-0.39, 0.29) is 5.91 Å². The topological polar surface area (TPSA) is 79.8 Å². The third-order valence-electron chi connectivity index (χ3n) is 3.64. The quantitative estimate of drug-likeness (QED) is 0.746. The van der Waals surface area contributed by atoms with Crippen LogP contribution in [0.2, 0.25) is 0 Å². The van der Waals surface area contributed by atoms with Crippen LogP contribution in [0.25, 0.3) is 10.9 Å². The number of aromatic nitrogens is 3. The second kappa shape index (κ2) is 7.25. The van der Waals surface area contributed by atoms with Crippen molar-refractivity contribution in [3.63, 3.8) is 0 Å². The highest BCUT2D eigenvalue weighted by atomic mass is 16.1. The molecule has 2 N–H and O–H groups in total. The lowest BCUT2D eigenvalue weighted by Gasteiger charge is -2.11. The summed E-state index contributed by atoms with van der Waals surface area (Å²) in [6, 6.07) is 11.5. The molecule has 128 valence electrons. The molecule has 0 aliphatic heterocycles. The number of carbonyl (C=O) groups excluding carboxylic acids is 1. The van der Waals surface area contributed by atoms with Gasteiger partial charge in [-0.25, -0.2) is 9.97 Å². The fraction of sp³-hybridized carbons (Fsp3) is 0.263. The summed E-state index contributed by atoms with van der Waals surface area (Å²) in [5.74, 6) is 1.29. The Balaban J connectivity index is 1.88. The van der Waals surface area contributed by atoms with Crippen LogP contribution in [0, 0.1) is 12.8 Å². The highest BCUT2D eigenvalue weighted by Crippen LogP contribution is 2.24. The number of nitrogens with zero attached hydrogens (tertiary/aromatic N) is 3. The van der Waals surface area contributed by atoms with Crippen molar-refractivity contribution in [2.75, 3.05) is 11.9 Å². The Kier molecular flexibility index (Phi) is 4.88. The standard InChI is InChI=1S/C19H21N5O/c1-12(2)11-21-19(25)16-10-17(23-13(3)22-16)24-15-8-4-6-14-7-5-9-20-18(14)15/h4-10,12H,11H2,1-3H3,(H,21,25)(H,22,23,24). The molecule has 2 heterocycles. The number of fused-ring (bicyclic) bond motifs is 1. The summed E-state index contributed by atoms with van der Waals surface area (Å²) in [6.45, 7) is 6.47. The van der Waals surface area contributed by atoms with Crippen molar-refractivity contribution in [2.24, 2.45) is 5.92 Å². The summed E-state index contributed by atoms with van der Waals surface area (Å²) in [5, 5.41) is 7.17. The number of carbonyl (C=O) groups is 1. The summed E-state index contributed by atoms with van der Waals surface area (Å²) < 4.78 is 0. The van der Waals surface area contributed by atoms with E-state index in [2.05, 4.69) is 25.6 Å². The van der Waals surface area contributed by atoms with Crippen LogP contribution in [-0.4, -0.2) is 27.4 Å². The van der Waals surface area contributed by atoms with Gasteiger partial charge in [-0.05, 0) is 25.0 Å². The summed E-state index contributed by atoms with van der Waals surface area (Å²) in [7, 11) is 0. The zero-order valence-electron chi connectivity index (χ0n) is 14.6. The van der Waals surface area contributed by atoms with Crippen LogP contribution < -0.4 is 10.6 Å². The zero-order valence-corrected chi connectivity index (χ0v) is 14.6. The Labute approximate surface area is 146 Å². The molecule has 25 heavy (non-hydrogen) atoms. The van der Waals surface area contributed by atoms with Gasteiger partial charge in [0.25, 0.3) is 5.91 Å². The first-order chi connectivity index (χ1) is 12.0. The monoisotopic (exact) mass is 335 g/mol. The van der Waals surface area contributed by atoms with Gasteiger partial charge in [-0.1, -0.05) is 32.0 Å². The Hall–Kier alpha value is -3.02. The van der Waals surface area contributed by atoms with Crippen molar-refractivity contribution in [1.82, 2.24) is 20.3 Å². The van der Waals surface area contributed by atoms with Gasteiger partial charge in [-0.15, -0.1) is 0 Å². The highest BCUT2D eigenvalue weighted by Gasteiger charge is 2.12. The molecule has 2 aromatic heterocycles. The molecule has 0 atom stereocenters. The van der Waals surface area contributed by atoms with E-state index >= 15 is 0 Å². The molecular formula is C19H21N5O. The van der Waals surface area contributed by atoms with Crippen molar-refractivity contribution in [3.8, 4) is 0 Å². The lowest BCUT2D eigenvalue weighted by atomic mass is 10.2. The number of hydrogen-bond acceptors (Lipinski definition) is 5. The lowest BCUT2D eigenvalue weighted by Crippen LogP contribution is -2.28. The molecule has 1 aromatic carbocycles. The van der Waals surface area contributed by atoms with Gasteiger partial charge in [0.05, 0.1) is 11.2 Å². The maximum atomic E-state index is 12.3. The number of nitrogens with one attached hydrogen (secondary N) is 2. The Bertz CT molecular complexity index is 902. The normalized spacial score (nSPS) is 10.9. The number of hydrogen-bond donors (Lipinski definition) is 2. The maximum Gasteiger partial charge on any atom is 0.270 e. The van der Waals surface area contributed by atoms with E-state index in [0.29, 0.717) is 29.8 Å². The van der Waals surface area contributed by atoms with Crippen LogP contribution in [-0.2, 0) is 0 Å². The van der Waals surface area contributed by atoms with Crippen LogP contribution in [0.15, 0.2) is 42.6 Å². The molecular weight excluding hydrogens is 314 g/mol. The number of amides is 1.